The van der Waals surface area contributed by atoms with Gasteiger partial charge in [-0.25, -0.2) is 0 Å². The molecule has 0 aromatic heterocycles. The van der Waals surface area contributed by atoms with E-state index >= 15 is 0 Å². The summed E-state index contributed by atoms with van der Waals surface area (Å²) in [7, 11) is 0. The van der Waals surface area contributed by atoms with E-state index in [0.29, 0.717) is 11.7 Å². The third kappa shape index (κ3) is 4.26. The molecule has 84 valence electrons. The predicted molar refractivity (Wildman–Crippen MR) is 62.3 cm³/mol. The van der Waals surface area contributed by atoms with Gasteiger partial charge in [-0.15, -0.1) is 0 Å². The maximum absolute atomic E-state index is 12.1. The van der Waals surface area contributed by atoms with E-state index in [9.17, 15) is 4.79 Å². The van der Waals surface area contributed by atoms with Crippen LogP contribution in [0.15, 0.2) is 0 Å². The molecule has 0 aromatic carbocycles. The van der Waals surface area contributed by atoms with Crippen LogP contribution in [0.4, 0.5) is 0 Å². The summed E-state index contributed by atoms with van der Waals surface area (Å²) in [5, 5.41) is 0. The lowest BCUT2D eigenvalue weighted by molar-refractivity contribution is -0.135. The Labute approximate surface area is 89.3 Å². The molecule has 0 bridgehead atoms. The number of ketones is 1. The number of hydrogen-bond donors (Lipinski definition) is 0. The van der Waals surface area contributed by atoms with Gasteiger partial charge in [0.05, 0.1) is 0 Å². The fraction of sp³-hybridized carbons (Fsp3) is 0.923. The first-order valence-corrected chi connectivity index (χ1v) is 5.62. The van der Waals surface area contributed by atoms with Gasteiger partial charge in [0.2, 0.25) is 0 Å². The molecule has 0 rings (SSSR count). The molecule has 0 unspecified atom stereocenters. The Bertz CT molecular complexity index is 194. The molecule has 0 amide bonds. The van der Waals surface area contributed by atoms with Crippen LogP contribution in [-0.4, -0.2) is 5.78 Å². The lowest BCUT2D eigenvalue weighted by Gasteiger charge is -2.31. The van der Waals surface area contributed by atoms with E-state index in [1.54, 1.807) is 0 Å². The highest BCUT2D eigenvalue weighted by Gasteiger charge is 2.35. The average molecular weight is 198 g/mol. The van der Waals surface area contributed by atoms with E-state index in [4.69, 9.17) is 0 Å². The van der Waals surface area contributed by atoms with Crippen LogP contribution in [0.1, 0.15) is 61.3 Å². The highest BCUT2D eigenvalue weighted by molar-refractivity contribution is 5.88. The fourth-order valence-corrected chi connectivity index (χ4v) is 1.78. The van der Waals surface area contributed by atoms with Crippen LogP contribution in [-0.2, 0) is 4.79 Å². The van der Waals surface area contributed by atoms with Crippen LogP contribution >= 0.6 is 0 Å². The molecule has 1 heteroatoms. The summed E-state index contributed by atoms with van der Waals surface area (Å²) in [6.45, 7) is 14.6. The molecule has 0 aromatic rings. The van der Waals surface area contributed by atoms with E-state index < -0.39 is 0 Å². The summed E-state index contributed by atoms with van der Waals surface area (Å²) in [5.74, 6) is 1.06. The minimum Gasteiger partial charge on any atom is -0.299 e. The summed E-state index contributed by atoms with van der Waals surface area (Å²) in [6.07, 6.45) is 2.13. The zero-order chi connectivity index (χ0) is 11.6. The summed E-state index contributed by atoms with van der Waals surface area (Å²) in [6, 6.07) is 0. The van der Waals surface area contributed by atoms with E-state index in [1.807, 2.05) is 20.8 Å². The molecule has 0 saturated heterocycles. The molecule has 0 spiro atoms. The Hall–Kier alpha value is -0.330. The normalized spacial score (nSPS) is 13.4. The van der Waals surface area contributed by atoms with Gasteiger partial charge in [-0.2, -0.15) is 0 Å². The molecule has 0 fully saturated rings. The Morgan fingerprint density at radius 3 is 1.79 bits per heavy atom. The number of carbonyl (C=O) groups is 1. The average Bonchev–Trinajstić information content (AvgIpc) is 1.98. The van der Waals surface area contributed by atoms with E-state index in [-0.39, 0.29) is 10.8 Å². The van der Waals surface area contributed by atoms with Crippen molar-refractivity contribution < 1.29 is 4.79 Å². The van der Waals surface area contributed by atoms with Crippen molar-refractivity contribution in [1.82, 2.24) is 0 Å². The first-order chi connectivity index (χ1) is 6.07. The van der Waals surface area contributed by atoms with Gasteiger partial charge in [0, 0.05) is 10.8 Å². The first kappa shape index (κ1) is 13.7. The third-order valence-corrected chi connectivity index (χ3v) is 2.64. The largest absolute Gasteiger partial charge is 0.299 e. The Morgan fingerprint density at radius 1 is 1.07 bits per heavy atom. The minimum absolute atomic E-state index is 0.164. The third-order valence-electron chi connectivity index (χ3n) is 2.64. The minimum atomic E-state index is -0.208. The first-order valence-electron chi connectivity index (χ1n) is 5.62. The molecule has 0 heterocycles. The van der Waals surface area contributed by atoms with Gasteiger partial charge in [-0.3, -0.25) is 4.79 Å². The van der Waals surface area contributed by atoms with Crippen molar-refractivity contribution in [2.75, 3.05) is 0 Å². The zero-order valence-electron chi connectivity index (χ0n) is 10.9. The van der Waals surface area contributed by atoms with E-state index in [0.717, 1.165) is 12.8 Å². The van der Waals surface area contributed by atoms with Crippen molar-refractivity contribution in [3.05, 3.63) is 0 Å². The van der Waals surface area contributed by atoms with Crippen LogP contribution in [0.25, 0.3) is 0 Å². The molecule has 0 saturated carbocycles. The highest BCUT2D eigenvalue weighted by atomic mass is 16.1. The second-order valence-electron chi connectivity index (χ2n) is 6.40. The molecule has 0 radical (unpaired) electrons. The van der Waals surface area contributed by atoms with Crippen LogP contribution in [0.2, 0.25) is 0 Å². The second-order valence-corrected chi connectivity index (χ2v) is 6.40. The van der Waals surface area contributed by atoms with Crippen LogP contribution in [0, 0.1) is 16.7 Å². The van der Waals surface area contributed by atoms with Crippen LogP contribution < -0.4 is 0 Å². The van der Waals surface area contributed by atoms with Crippen molar-refractivity contribution in [2.24, 2.45) is 16.7 Å². The Morgan fingerprint density at radius 2 is 1.50 bits per heavy atom. The van der Waals surface area contributed by atoms with E-state index in [2.05, 4.69) is 27.7 Å². The lowest BCUT2D eigenvalue weighted by atomic mass is 9.72. The molecule has 0 aliphatic rings. The zero-order valence-corrected chi connectivity index (χ0v) is 10.9. The van der Waals surface area contributed by atoms with Crippen LogP contribution in [0.5, 0.6) is 0 Å². The SMILES string of the molecule is CC(C)CCC(C)(C)C(=O)C(C)(C)C. The summed E-state index contributed by atoms with van der Waals surface area (Å²) >= 11 is 0. The second kappa shape index (κ2) is 4.46. The van der Waals surface area contributed by atoms with Gasteiger partial charge in [0.25, 0.3) is 0 Å². The van der Waals surface area contributed by atoms with Crippen molar-refractivity contribution >= 4 is 5.78 Å². The monoisotopic (exact) mass is 198 g/mol. The van der Waals surface area contributed by atoms with Crippen molar-refractivity contribution in [1.29, 1.82) is 0 Å². The number of rotatable bonds is 4. The molecular weight excluding hydrogens is 172 g/mol. The van der Waals surface area contributed by atoms with Gasteiger partial charge in [-0.05, 0) is 12.3 Å². The summed E-state index contributed by atoms with van der Waals surface area (Å²) < 4.78 is 0. The molecule has 0 N–H and O–H groups in total. The standard InChI is InChI=1S/C13H26O/c1-10(2)8-9-13(6,7)11(14)12(3,4)5/h10H,8-9H2,1-7H3. The highest BCUT2D eigenvalue weighted by Crippen LogP contribution is 2.33. The summed E-state index contributed by atoms with van der Waals surface area (Å²) in [4.78, 5) is 12.1. The van der Waals surface area contributed by atoms with Gasteiger partial charge in [0.1, 0.15) is 5.78 Å². The van der Waals surface area contributed by atoms with Crippen LogP contribution in [0.3, 0.4) is 0 Å². The smallest absolute Gasteiger partial charge is 0.143 e. The van der Waals surface area contributed by atoms with Crippen molar-refractivity contribution in [3.8, 4) is 0 Å². The summed E-state index contributed by atoms with van der Waals surface area (Å²) in [5.41, 5.74) is -0.372. The Balaban J connectivity index is 4.39. The number of carbonyl (C=O) groups excluding carboxylic acids is 1. The maximum Gasteiger partial charge on any atom is 0.143 e. The van der Waals surface area contributed by atoms with Gasteiger partial charge >= 0.3 is 0 Å². The molecule has 14 heavy (non-hydrogen) atoms. The van der Waals surface area contributed by atoms with Gasteiger partial charge < -0.3 is 0 Å². The molecule has 0 aliphatic heterocycles. The predicted octanol–water partition coefficient (Wildman–Crippen LogP) is 4.06. The topological polar surface area (TPSA) is 17.1 Å². The molecular formula is C13H26O. The fourth-order valence-electron chi connectivity index (χ4n) is 1.78. The number of hydrogen-bond acceptors (Lipinski definition) is 1. The lowest BCUT2D eigenvalue weighted by Crippen LogP contribution is -2.35. The quantitative estimate of drug-likeness (QED) is 0.665. The molecule has 0 atom stereocenters. The molecule has 0 aliphatic carbocycles. The van der Waals surface area contributed by atoms with Crippen molar-refractivity contribution in [3.63, 3.8) is 0 Å². The van der Waals surface area contributed by atoms with Gasteiger partial charge in [0.15, 0.2) is 0 Å². The van der Waals surface area contributed by atoms with Crippen molar-refractivity contribution in [2.45, 2.75) is 61.3 Å². The number of Topliss-reactive ketones (excluding diaryl/α,β-unsaturated/α-hetero) is 1. The van der Waals surface area contributed by atoms with E-state index in [1.165, 1.54) is 0 Å². The van der Waals surface area contributed by atoms with Gasteiger partial charge in [-0.1, -0.05) is 54.9 Å². The maximum atomic E-state index is 12.1. The molecule has 1 nitrogen and oxygen atoms in total. The Kier molecular flexibility index (Phi) is 4.35.